The molecule has 4 heteroatoms. The Bertz CT molecular complexity index is 352. The van der Waals surface area contributed by atoms with Gasteiger partial charge in [-0.1, -0.05) is 29.3 Å². The smallest absolute Gasteiger partial charge is 0.217 e. The van der Waals surface area contributed by atoms with Crippen molar-refractivity contribution in [2.24, 2.45) is 5.73 Å². The summed E-state index contributed by atoms with van der Waals surface area (Å²) in [6, 6.07) is 5.46. The normalized spacial score (nSPS) is 10.3. The van der Waals surface area contributed by atoms with Gasteiger partial charge in [-0.3, -0.25) is 4.79 Å². The molecule has 0 saturated heterocycles. The van der Waals surface area contributed by atoms with Crippen molar-refractivity contribution in [3.05, 3.63) is 33.8 Å². The molecule has 0 aromatic heterocycles. The van der Waals surface area contributed by atoms with Crippen LogP contribution in [0.2, 0.25) is 10.0 Å². The van der Waals surface area contributed by atoms with E-state index in [0.29, 0.717) is 16.5 Å². The van der Waals surface area contributed by atoms with Gasteiger partial charge in [0.1, 0.15) is 0 Å². The SMILES string of the molecule is NC(=O)CCCCc1ccc(Cl)cc1Cl. The van der Waals surface area contributed by atoms with E-state index < -0.39 is 0 Å². The van der Waals surface area contributed by atoms with Gasteiger partial charge in [0.25, 0.3) is 0 Å². The summed E-state index contributed by atoms with van der Waals surface area (Å²) in [5.74, 6) is -0.253. The Labute approximate surface area is 99.4 Å². The maximum absolute atomic E-state index is 10.5. The summed E-state index contributed by atoms with van der Waals surface area (Å²) in [4.78, 5) is 10.5. The number of unbranched alkanes of at least 4 members (excludes halogenated alkanes) is 1. The third-order valence-corrected chi connectivity index (χ3v) is 2.72. The van der Waals surface area contributed by atoms with Crippen LogP contribution >= 0.6 is 23.2 Å². The molecular weight excluding hydrogens is 233 g/mol. The monoisotopic (exact) mass is 245 g/mol. The highest BCUT2D eigenvalue weighted by Gasteiger charge is 2.01. The van der Waals surface area contributed by atoms with Crippen molar-refractivity contribution in [2.75, 3.05) is 0 Å². The molecule has 2 nitrogen and oxygen atoms in total. The molecule has 0 unspecified atom stereocenters. The number of rotatable bonds is 5. The number of halogens is 2. The maximum atomic E-state index is 10.5. The highest BCUT2D eigenvalue weighted by molar-refractivity contribution is 6.35. The second kappa shape index (κ2) is 5.99. The van der Waals surface area contributed by atoms with E-state index in [1.807, 2.05) is 12.1 Å². The summed E-state index contributed by atoms with van der Waals surface area (Å²) in [6.07, 6.45) is 2.99. The minimum Gasteiger partial charge on any atom is -0.370 e. The third kappa shape index (κ3) is 4.54. The highest BCUT2D eigenvalue weighted by Crippen LogP contribution is 2.22. The van der Waals surface area contributed by atoms with E-state index in [1.54, 1.807) is 6.07 Å². The Morgan fingerprint density at radius 1 is 1.27 bits per heavy atom. The van der Waals surface area contributed by atoms with Crippen LogP contribution in [0.5, 0.6) is 0 Å². The molecule has 0 fully saturated rings. The molecule has 82 valence electrons. The summed E-state index contributed by atoms with van der Waals surface area (Å²) < 4.78 is 0. The fraction of sp³-hybridized carbons (Fsp3) is 0.364. The van der Waals surface area contributed by atoms with Gasteiger partial charge in [-0.15, -0.1) is 0 Å². The first-order chi connectivity index (χ1) is 7.09. The average molecular weight is 246 g/mol. The molecule has 0 radical (unpaired) electrons. The van der Waals surface area contributed by atoms with Crippen molar-refractivity contribution in [1.82, 2.24) is 0 Å². The van der Waals surface area contributed by atoms with Crippen LogP contribution in [0, 0.1) is 0 Å². The molecule has 0 spiro atoms. The van der Waals surface area contributed by atoms with Gasteiger partial charge in [0.05, 0.1) is 0 Å². The number of amides is 1. The third-order valence-electron chi connectivity index (χ3n) is 2.13. The van der Waals surface area contributed by atoms with Crippen molar-refractivity contribution < 1.29 is 4.79 Å². The minimum atomic E-state index is -0.253. The molecule has 0 saturated carbocycles. The first-order valence-electron chi connectivity index (χ1n) is 4.82. The second-order valence-electron chi connectivity index (χ2n) is 3.41. The van der Waals surface area contributed by atoms with E-state index >= 15 is 0 Å². The molecular formula is C11H13Cl2NO. The Balaban J connectivity index is 2.40. The summed E-state index contributed by atoms with van der Waals surface area (Å²) in [7, 11) is 0. The Hall–Kier alpha value is -0.730. The lowest BCUT2D eigenvalue weighted by Crippen LogP contribution is -2.09. The summed E-state index contributed by atoms with van der Waals surface area (Å²) in [5.41, 5.74) is 6.10. The molecule has 2 N–H and O–H groups in total. The van der Waals surface area contributed by atoms with E-state index in [2.05, 4.69) is 0 Å². The molecule has 1 amide bonds. The number of hydrogen-bond donors (Lipinski definition) is 1. The lowest BCUT2D eigenvalue weighted by molar-refractivity contribution is -0.118. The summed E-state index contributed by atoms with van der Waals surface area (Å²) in [5, 5.41) is 1.32. The standard InChI is InChI=1S/C11H13Cl2NO/c12-9-6-5-8(10(13)7-9)3-1-2-4-11(14)15/h5-7H,1-4H2,(H2,14,15). The largest absolute Gasteiger partial charge is 0.370 e. The number of carbonyl (C=O) groups is 1. The maximum Gasteiger partial charge on any atom is 0.217 e. The number of carbonyl (C=O) groups excluding carboxylic acids is 1. The zero-order chi connectivity index (χ0) is 11.3. The van der Waals surface area contributed by atoms with Crippen LogP contribution in [0.15, 0.2) is 18.2 Å². The molecule has 1 aromatic carbocycles. The fourth-order valence-corrected chi connectivity index (χ4v) is 1.84. The number of aryl methyl sites for hydroxylation is 1. The first kappa shape index (κ1) is 12.3. The Kier molecular flexibility index (Phi) is 4.92. The number of benzene rings is 1. The summed E-state index contributed by atoms with van der Waals surface area (Å²) >= 11 is 11.8. The Morgan fingerprint density at radius 2 is 2.00 bits per heavy atom. The molecule has 0 aliphatic rings. The fourth-order valence-electron chi connectivity index (χ4n) is 1.34. The quantitative estimate of drug-likeness (QED) is 0.796. The van der Waals surface area contributed by atoms with Crippen molar-refractivity contribution in [1.29, 1.82) is 0 Å². The van der Waals surface area contributed by atoms with Gasteiger partial charge in [-0.05, 0) is 37.0 Å². The van der Waals surface area contributed by atoms with E-state index in [0.717, 1.165) is 24.8 Å². The molecule has 1 rings (SSSR count). The zero-order valence-corrected chi connectivity index (χ0v) is 9.81. The first-order valence-corrected chi connectivity index (χ1v) is 5.57. The van der Waals surface area contributed by atoms with Gasteiger partial charge in [0.2, 0.25) is 5.91 Å². The lowest BCUT2D eigenvalue weighted by atomic mass is 10.1. The minimum absolute atomic E-state index is 0.253. The molecule has 15 heavy (non-hydrogen) atoms. The van der Waals surface area contributed by atoms with Crippen LogP contribution in [0.1, 0.15) is 24.8 Å². The van der Waals surface area contributed by atoms with Crippen molar-refractivity contribution >= 4 is 29.1 Å². The highest BCUT2D eigenvalue weighted by atomic mass is 35.5. The number of nitrogens with two attached hydrogens (primary N) is 1. The van der Waals surface area contributed by atoms with Crippen LogP contribution in [0.4, 0.5) is 0 Å². The zero-order valence-electron chi connectivity index (χ0n) is 8.30. The van der Waals surface area contributed by atoms with Gasteiger partial charge < -0.3 is 5.73 Å². The molecule has 0 aliphatic heterocycles. The van der Waals surface area contributed by atoms with Gasteiger partial charge in [0.15, 0.2) is 0 Å². The van der Waals surface area contributed by atoms with Crippen LogP contribution < -0.4 is 5.73 Å². The molecule has 0 bridgehead atoms. The van der Waals surface area contributed by atoms with Crippen LogP contribution in [-0.2, 0) is 11.2 Å². The van der Waals surface area contributed by atoms with Crippen LogP contribution in [0.25, 0.3) is 0 Å². The predicted octanol–water partition coefficient (Wildman–Crippen LogP) is 3.19. The Morgan fingerprint density at radius 3 is 2.60 bits per heavy atom. The predicted molar refractivity (Wildman–Crippen MR) is 63.2 cm³/mol. The number of hydrogen-bond acceptors (Lipinski definition) is 1. The van der Waals surface area contributed by atoms with Crippen molar-refractivity contribution in [2.45, 2.75) is 25.7 Å². The van der Waals surface area contributed by atoms with Gasteiger partial charge >= 0.3 is 0 Å². The summed E-state index contributed by atoms with van der Waals surface area (Å²) in [6.45, 7) is 0. The number of primary amides is 1. The molecule has 0 aliphatic carbocycles. The van der Waals surface area contributed by atoms with E-state index in [-0.39, 0.29) is 5.91 Å². The molecule has 1 aromatic rings. The average Bonchev–Trinajstić information content (AvgIpc) is 2.14. The van der Waals surface area contributed by atoms with Crippen LogP contribution in [0.3, 0.4) is 0 Å². The topological polar surface area (TPSA) is 43.1 Å². The second-order valence-corrected chi connectivity index (χ2v) is 4.25. The van der Waals surface area contributed by atoms with Gasteiger partial charge in [-0.2, -0.15) is 0 Å². The van der Waals surface area contributed by atoms with Gasteiger partial charge in [0, 0.05) is 16.5 Å². The van der Waals surface area contributed by atoms with Crippen molar-refractivity contribution in [3.63, 3.8) is 0 Å². The van der Waals surface area contributed by atoms with Crippen molar-refractivity contribution in [3.8, 4) is 0 Å². The van der Waals surface area contributed by atoms with Gasteiger partial charge in [-0.25, -0.2) is 0 Å². The van der Waals surface area contributed by atoms with Crippen LogP contribution in [-0.4, -0.2) is 5.91 Å². The van der Waals surface area contributed by atoms with E-state index in [4.69, 9.17) is 28.9 Å². The lowest BCUT2D eigenvalue weighted by Gasteiger charge is -2.03. The molecule has 0 atom stereocenters. The van der Waals surface area contributed by atoms with E-state index in [1.165, 1.54) is 0 Å². The van der Waals surface area contributed by atoms with E-state index in [9.17, 15) is 4.79 Å². The molecule has 0 heterocycles.